The summed E-state index contributed by atoms with van der Waals surface area (Å²) in [4.78, 5) is 15.9. The quantitative estimate of drug-likeness (QED) is 0.0938. The van der Waals surface area contributed by atoms with E-state index in [2.05, 4.69) is 59.4 Å². The Morgan fingerprint density at radius 1 is 1.02 bits per heavy atom. The Bertz CT molecular complexity index is 1550. The molecular formula is C29H31N11. The number of imidazole rings is 1. The van der Waals surface area contributed by atoms with Crippen LogP contribution in [0.1, 0.15) is 41.9 Å². The second-order valence-electron chi connectivity index (χ2n) is 10.0. The summed E-state index contributed by atoms with van der Waals surface area (Å²) in [6.45, 7) is 2.91. The van der Waals surface area contributed by atoms with Gasteiger partial charge in [0, 0.05) is 48.6 Å². The Morgan fingerprint density at radius 3 is 2.55 bits per heavy atom. The number of likely N-dealkylation sites (tertiary alicyclic amines) is 1. The summed E-state index contributed by atoms with van der Waals surface area (Å²) in [6, 6.07) is 20.9. The first-order valence-electron chi connectivity index (χ1n) is 13.3. The van der Waals surface area contributed by atoms with E-state index < -0.39 is 6.17 Å². The van der Waals surface area contributed by atoms with Gasteiger partial charge in [-0.2, -0.15) is 0 Å². The summed E-state index contributed by atoms with van der Waals surface area (Å²) < 4.78 is 2.22. The van der Waals surface area contributed by atoms with E-state index in [9.17, 15) is 0 Å². The van der Waals surface area contributed by atoms with Gasteiger partial charge in [-0.3, -0.25) is 20.3 Å². The molecule has 0 spiro atoms. The molecule has 6 N–H and O–H groups in total. The molecule has 4 heterocycles. The molecule has 6 rings (SSSR count). The van der Waals surface area contributed by atoms with Crippen molar-refractivity contribution in [2.24, 2.45) is 26.9 Å². The average molecular weight is 534 g/mol. The zero-order valence-electron chi connectivity index (χ0n) is 22.0. The lowest BCUT2D eigenvalue weighted by Crippen LogP contribution is -2.34. The Morgan fingerprint density at radius 2 is 1.80 bits per heavy atom. The SMILES string of the molecule is N=C(N=NN)c1cnc(-c2ccc(CN3CCC(n4cnc5c4NC=NC5N)CC3)cc2)c(-c2ccccc2)c1. The third-order valence-corrected chi connectivity index (χ3v) is 7.53. The van der Waals surface area contributed by atoms with Crippen LogP contribution in [0.3, 0.4) is 0 Å². The summed E-state index contributed by atoms with van der Waals surface area (Å²) in [6.07, 6.45) is 6.89. The lowest BCUT2D eigenvalue weighted by atomic mass is 9.97. The number of anilines is 1. The van der Waals surface area contributed by atoms with Crippen molar-refractivity contribution in [3.63, 3.8) is 0 Å². The van der Waals surface area contributed by atoms with Gasteiger partial charge in [0.15, 0.2) is 5.84 Å². The van der Waals surface area contributed by atoms with Gasteiger partial charge in [-0.25, -0.2) is 4.98 Å². The van der Waals surface area contributed by atoms with Crippen molar-refractivity contribution in [2.45, 2.75) is 31.6 Å². The molecule has 11 nitrogen and oxygen atoms in total. The maximum atomic E-state index is 8.11. The van der Waals surface area contributed by atoms with E-state index in [0.717, 1.165) is 66.4 Å². The minimum atomic E-state index is -0.395. The van der Waals surface area contributed by atoms with E-state index in [0.29, 0.717) is 11.6 Å². The molecule has 1 atom stereocenters. The van der Waals surface area contributed by atoms with Gasteiger partial charge >= 0.3 is 0 Å². The average Bonchev–Trinajstić information content (AvgIpc) is 3.44. The number of nitrogens with zero attached hydrogens (tertiary/aromatic N) is 7. The molecule has 2 aromatic heterocycles. The Hall–Kier alpha value is -4.74. The molecule has 1 fully saturated rings. The summed E-state index contributed by atoms with van der Waals surface area (Å²) in [5, 5.41) is 18.2. The van der Waals surface area contributed by atoms with Gasteiger partial charge in [0.2, 0.25) is 0 Å². The predicted octanol–water partition coefficient (Wildman–Crippen LogP) is 4.51. The van der Waals surface area contributed by atoms with Crippen LogP contribution in [0.4, 0.5) is 5.82 Å². The van der Waals surface area contributed by atoms with Crippen LogP contribution >= 0.6 is 0 Å². The summed E-state index contributed by atoms with van der Waals surface area (Å²) >= 11 is 0. The van der Waals surface area contributed by atoms with Crippen LogP contribution < -0.4 is 16.9 Å². The first kappa shape index (κ1) is 25.5. The molecule has 2 aromatic carbocycles. The van der Waals surface area contributed by atoms with Crippen LogP contribution in [0, 0.1) is 5.41 Å². The van der Waals surface area contributed by atoms with Gasteiger partial charge in [-0.1, -0.05) is 59.8 Å². The molecule has 0 radical (unpaired) electrons. The van der Waals surface area contributed by atoms with Gasteiger partial charge in [0.1, 0.15) is 17.7 Å². The van der Waals surface area contributed by atoms with E-state index >= 15 is 0 Å². The van der Waals surface area contributed by atoms with E-state index in [4.69, 9.17) is 22.0 Å². The number of benzene rings is 2. The molecule has 0 bridgehead atoms. The summed E-state index contributed by atoms with van der Waals surface area (Å²) in [5.74, 6) is 6.09. The second-order valence-corrected chi connectivity index (χ2v) is 10.0. The van der Waals surface area contributed by atoms with Crippen molar-refractivity contribution < 1.29 is 0 Å². The molecule has 1 unspecified atom stereocenters. The van der Waals surface area contributed by atoms with Crippen molar-refractivity contribution in [3.05, 3.63) is 90.0 Å². The van der Waals surface area contributed by atoms with Crippen molar-refractivity contribution in [1.82, 2.24) is 19.4 Å². The van der Waals surface area contributed by atoms with E-state index in [1.165, 1.54) is 5.56 Å². The van der Waals surface area contributed by atoms with Crippen LogP contribution in [-0.4, -0.2) is 44.7 Å². The third kappa shape index (κ3) is 5.12. The third-order valence-electron chi connectivity index (χ3n) is 7.53. The highest BCUT2D eigenvalue weighted by molar-refractivity contribution is 5.98. The molecule has 4 aromatic rings. The minimum absolute atomic E-state index is 0.0283. The number of hydrogen-bond donors (Lipinski definition) is 4. The van der Waals surface area contributed by atoms with Crippen LogP contribution in [-0.2, 0) is 6.54 Å². The number of pyridine rings is 1. The monoisotopic (exact) mass is 533 g/mol. The topological polar surface area (TPSA) is 159 Å². The van der Waals surface area contributed by atoms with Crippen LogP contribution in [0.5, 0.6) is 0 Å². The molecule has 202 valence electrons. The number of aromatic nitrogens is 3. The number of fused-ring (bicyclic) bond motifs is 1. The van der Waals surface area contributed by atoms with Crippen molar-refractivity contribution >= 4 is 18.0 Å². The predicted molar refractivity (Wildman–Crippen MR) is 156 cm³/mol. The molecule has 40 heavy (non-hydrogen) atoms. The fourth-order valence-electron chi connectivity index (χ4n) is 5.43. The standard InChI is InChI=1S/C29H31N11/c30-27(37-38-32)22-14-24(20-4-2-1-3-5-20)25(33-15-22)21-8-6-19(7-9-21)16-39-12-10-23(11-13-39)40-18-36-26-28(31)34-17-35-29(26)40/h1-9,14-15,17-18,23,28H,10-13,16,31H2,(H,34,35)(H3,30,32,37). The van der Waals surface area contributed by atoms with Gasteiger partial charge in [0.05, 0.1) is 18.4 Å². The Kier molecular flexibility index (Phi) is 7.13. The second kappa shape index (κ2) is 11.2. The van der Waals surface area contributed by atoms with Gasteiger partial charge in [-0.05, 0) is 30.0 Å². The molecule has 11 heteroatoms. The van der Waals surface area contributed by atoms with E-state index in [1.807, 2.05) is 42.7 Å². The van der Waals surface area contributed by atoms with Crippen LogP contribution in [0.15, 0.2) is 88.5 Å². The zero-order chi connectivity index (χ0) is 27.5. The number of amidine groups is 1. The molecule has 0 amide bonds. The highest BCUT2D eigenvalue weighted by Crippen LogP contribution is 2.33. The normalized spacial score (nSPS) is 17.6. The summed E-state index contributed by atoms with van der Waals surface area (Å²) in [7, 11) is 0. The lowest BCUT2D eigenvalue weighted by Gasteiger charge is -2.33. The highest BCUT2D eigenvalue weighted by atomic mass is 15.3. The number of rotatable bonds is 6. The first-order valence-corrected chi connectivity index (χ1v) is 13.3. The summed E-state index contributed by atoms with van der Waals surface area (Å²) in [5.41, 5.74) is 12.5. The minimum Gasteiger partial charge on any atom is -0.331 e. The van der Waals surface area contributed by atoms with E-state index in [1.54, 1.807) is 12.5 Å². The van der Waals surface area contributed by atoms with Gasteiger partial charge in [0.25, 0.3) is 0 Å². The molecule has 1 saturated heterocycles. The van der Waals surface area contributed by atoms with Crippen molar-refractivity contribution in [3.8, 4) is 22.4 Å². The number of aliphatic imine (C=N–C) groups is 1. The smallest absolute Gasteiger partial charge is 0.177 e. The largest absolute Gasteiger partial charge is 0.331 e. The van der Waals surface area contributed by atoms with Crippen molar-refractivity contribution in [1.29, 1.82) is 5.41 Å². The molecule has 2 aliphatic heterocycles. The number of piperidine rings is 1. The van der Waals surface area contributed by atoms with Gasteiger partial charge in [-0.15, -0.1) is 5.11 Å². The molecule has 0 saturated carbocycles. The molecule has 2 aliphatic rings. The van der Waals surface area contributed by atoms with Gasteiger partial charge < -0.3 is 21.5 Å². The number of hydrogen-bond acceptors (Lipinski definition) is 8. The zero-order valence-corrected chi connectivity index (χ0v) is 22.0. The maximum absolute atomic E-state index is 8.11. The van der Waals surface area contributed by atoms with Crippen molar-refractivity contribution in [2.75, 3.05) is 18.4 Å². The Balaban J connectivity index is 1.15. The molecule has 0 aliphatic carbocycles. The Labute approximate surface area is 232 Å². The van der Waals surface area contributed by atoms with Crippen LogP contribution in [0.2, 0.25) is 0 Å². The van der Waals surface area contributed by atoms with Crippen LogP contribution in [0.25, 0.3) is 22.4 Å². The first-order chi connectivity index (χ1) is 19.6. The fraction of sp³-hybridized carbons (Fsp3) is 0.241. The highest BCUT2D eigenvalue weighted by Gasteiger charge is 2.26. The molecular weight excluding hydrogens is 502 g/mol. The van der Waals surface area contributed by atoms with E-state index in [-0.39, 0.29) is 5.84 Å². The fourth-order valence-corrected chi connectivity index (χ4v) is 5.43. The lowest BCUT2D eigenvalue weighted by molar-refractivity contribution is 0.180. The number of nitrogens with one attached hydrogen (secondary N) is 2. The number of nitrogens with two attached hydrogens (primary N) is 2. The maximum Gasteiger partial charge on any atom is 0.177 e.